The van der Waals surface area contributed by atoms with Crippen LogP contribution in [0, 0.1) is 0 Å². The number of amides is 1. The molecule has 1 amide bonds. The van der Waals surface area contributed by atoms with Gasteiger partial charge in [0.1, 0.15) is 5.60 Å². The van der Waals surface area contributed by atoms with Crippen LogP contribution in [-0.4, -0.2) is 49.7 Å². The fourth-order valence-corrected chi connectivity index (χ4v) is 2.52. The van der Waals surface area contributed by atoms with E-state index in [1.54, 1.807) is 7.11 Å². The van der Waals surface area contributed by atoms with Gasteiger partial charge in [-0.3, -0.25) is 4.79 Å². The molecule has 1 aliphatic heterocycles. The lowest BCUT2D eigenvalue weighted by Gasteiger charge is -2.39. The standard InChI is InChI=1S/C16H24N2O2/c1-4-16(2,20-3)15(19)18-12-10-17(11-13-18)14-8-6-5-7-9-14/h5-9H,4,10-13H2,1-3H3. The van der Waals surface area contributed by atoms with Crippen LogP contribution in [0.25, 0.3) is 0 Å². The Kier molecular flexibility index (Phi) is 4.65. The average molecular weight is 276 g/mol. The van der Waals surface area contributed by atoms with E-state index in [0.29, 0.717) is 6.42 Å². The van der Waals surface area contributed by atoms with Crippen molar-refractivity contribution in [1.29, 1.82) is 0 Å². The van der Waals surface area contributed by atoms with Crippen molar-refractivity contribution in [3.8, 4) is 0 Å². The van der Waals surface area contributed by atoms with Crippen molar-refractivity contribution in [2.24, 2.45) is 0 Å². The topological polar surface area (TPSA) is 32.8 Å². The molecule has 4 heteroatoms. The second-order valence-corrected chi connectivity index (χ2v) is 5.40. The van der Waals surface area contributed by atoms with Crippen molar-refractivity contribution in [2.45, 2.75) is 25.9 Å². The van der Waals surface area contributed by atoms with E-state index in [-0.39, 0.29) is 5.91 Å². The molecule has 1 heterocycles. The summed E-state index contributed by atoms with van der Waals surface area (Å²) in [7, 11) is 1.61. The number of anilines is 1. The van der Waals surface area contributed by atoms with Gasteiger partial charge in [0.25, 0.3) is 5.91 Å². The second-order valence-electron chi connectivity index (χ2n) is 5.40. The van der Waals surface area contributed by atoms with E-state index in [9.17, 15) is 4.79 Å². The minimum Gasteiger partial charge on any atom is -0.369 e. The molecule has 1 aromatic carbocycles. The fraction of sp³-hybridized carbons (Fsp3) is 0.562. The quantitative estimate of drug-likeness (QED) is 0.845. The van der Waals surface area contributed by atoms with Crippen molar-refractivity contribution >= 4 is 11.6 Å². The molecule has 1 saturated heterocycles. The van der Waals surface area contributed by atoms with Gasteiger partial charge in [0.2, 0.25) is 0 Å². The molecule has 0 spiro atoms. The molecule has 0 N–H and O–H groups in total. The van der Waals surface area contributed by atoms with E-state index >= 15 is 0 Å². The van der Waals surface area contributed by atoms with Crippen molar-refractivity contribution in [2.75, 3.05) is 38.2 Å². The SMILES string of the molecule is CCC(C)(OC)C(=O)N1CCN(c2ccccc2)CC1. The average Bonchev–Trinajstić information content (AvgIpc) is 2.54. The largest absolute Gasteiger partial charge is 0.369 e. The highest BCUT2D eigenvalue weighted by molar-refractivity contribution is 5.85. The van der Waals surface area contributed by atoms with Gasteiger partial charge in [0.05, 0.1) is 0 Å². The zero-order valence-corrected chi connectivity index (χ0v) is 12.6. The lowest BCUT2D eigenvalue weighted by molar-refractivity contribution is -0.153. The van der Waals surface area contributed by atoms with Gasteiger partial charge in [-0.05, 0) is 25.5 Å². The summed E-state index contributed by atoms with van der Waals surface area (Å²) >= 11 is 0. The molecular formula is C16H24N2O2. The third-order valence-corrected chi connectivity index (χ3v) is 4.27. The van der Waals surface area contributed by atoms with Gasteiger partial charge >= 0.3 is 0 Å². The maximum absolute atomic E-state index is 12.5. The van der Waals surface area contributed by atoms with Crippen LogP contribution >= 0.6 is 0 Å². The molecule has 1 fully saturated rings. The van der Waals surface area contributed by atoms with Crippen molar-refractivity contribution in [1.82, 2.24) is 4.90 Å². The monoisotopic (exact) mass is 276 g/mol. The molecule has 20 heavy (non-hydrogen) atoms. The maximum atomic E-state index is 12.5. The highest BCUT2D eigenvalue weighted by Gasteiger charge is 2.36. The van der Waals surface area contributed by atoms with E-state index in [0.717, 1.165) is 26.2 Å². The first-order valence-corrected chi connectivity index (χ1v) is 7.25. The Labute approximate surface area is 121 Å². The van der Waals surface area contributed by atoms with Crippen molar-refractivity contribution in [3.63, 3.8) is 0 Å². The van der Waals surface area contributed by atoms with Gasteiger partial charge in [-0.2, -0.15) is 0 Å². The van der Waals surface area contributed by atoms with Gasteiger partial charge in [-0.1, -0.05) is 25.1 Å². The Morgan fingerprint density at radius 2 is 1.80 bits per heavy atom. The molecule has 110 valence electrons. The minimum absolute atomic E-state index is 0.107. The molecule has 4 nitrogen and oxygen atoms in total. The molecule has 0 aromatic heterocycles. The van der Waals surface area contributed by atoms with Crippen LogP contribution in [0.3, 0.4) is 0 Å². The lowest BCUT2D eigenvalue weighted by Crippen LogP contribution is -2.55. The Hall–Kier alpha value is -1.55. The third kappa shape index (κ3) is 2.96. The Morgan fingerprint density at radius 1 is 1.20 bits per heavy atom. The van der Waals surface area contributed by atoms with Crippen LogP contribution in [0.4, 0.5) is 5.69 Å². The highest BCUT2D eigenvalue weighted by Crippen LogP contribution is 2.21. The summed E-state index contributed by atoms with van der Waals surface area (Å²) in [4.78, 5) is 16.8. The molecule has 1 atom stereocenters. The van der Waals surface area contributed by atoms with Crippen LogP contribution in [0.5, 0.6) is 0 Å². The van der Waals surface area contributed by atoms with Crippen molar-refractivity contribution in [3.05, 3.63) is 30.3 Å². The molecule has 1 aliphatic rings. The first-order valence-electron chi connectivity index (χ1n) is 7.25. The Balaban J connectivity index is 1.96. The maximum Gasteiger partial charge on any atom is 0.254 e. The number of para-hydroxylation sites is 1. The first-order chi connectivity index (χ1) is 9.60. The molecule has 1 aromatic rings. The lowest BCUT2D eigenvalue weighted by atomic mass is 10.0. The second kappa shape index (κ2) is 6.27. The van der Waals surface area contributed by atoms with Crippen LogP contribution < -0.4 is 4.90 Å². The van der Waals surface area contributed by atoms with E-state index in [2.05, 4.69) is 17.0 Å². The van der Waals surface area contributed by atoms with Crippen molar-refractivity contribution < 1.29 is 9.53 Å². The van der Waals surface area contributed by atoms with Crippen LogP contribution in [0.15, 0.2) is 30.3 Å². The van der Waals surface area contributed by atoms with Crippen LogP contribution in [-0.2, 0) is 9.53 Å². The van der Waals surface area contributed by atoms with Gasteiger partial charge in [-0.25, -0.2) is 0 Å². The van der Waals surface area contributed by atoms with E-state index in [4.69, 9.17) is 4.74 Å². The smallest absolute Gasteiger partial charge is 0.254 e. The molecule has 1 unspecified atom stereocenters. The summed E-state index contributed by atoms with van der Waals surface area (Å²) in [5, 5.41) is 0. The third-order valence-electron chi connectivity index (χ3n) is 4.27. The van der Waals surface area contributed by atoms with Crippen LogP contribution in [0.1, 0.15) is 20.3 Å². The number of hydrogen-bond donors (Lipinski definition) is 0. The number of carbonyl (C=O) groups excluding carboxylic acids is 1. The summed E-state index contributed by atoms with van der Waals surface area (Å²) in [6.07, 6.45) is 0.696. The Morgan fingerprint density at radius 3 is 2.30 bits per heavy atom. The number of methoxy groups -OCH3 is 1. The predicted molar refractivity (Wildman–Crippen MR) is 80.9 cm³/mol. The van der Waals surface area contributed by atoms with Gasteiger partial charge in [0.15, 0.2) is 0 Å². The number of piperazine rings is 1. The number of hydrogen-bond acceptors (Lipinski definition) is 3. The van der Waals surface area contributed by atoms with E-state index in [1.165, 1.54) is 5.69 Å². The normalized spacial score (nSPS) is 18.8. The number of carbonyl (C=O) groups is 1. The number of rotatable bonds is 4. The fourth-order valence-electron chi connectivity index (χ4n) is 2.52. The first kappa shape index (κ1) is 14.9. The van der Waals surface area contributed by atoms with Gasteiger partial charge in [-0.15, -0.1) is 0 Å². The Bertz CT molecular complexity index is 435. The summed E-state index contributed by atoms with van der Waals surface area (Å²) in [5.74, 6) is 0.107. The predicted octanol–water partition coefficient (Wildman–Crippen LogP) is 2.15. The highest BCUT2D eigenvalue weighted by atomic mass is 16.5. The minimum atomic E-state index is -0.686. The molecular weight excluding hydrogens is 252 g/mol. The molecule has 0 radical (unpaired) electrons. The van der Waals surface area contributed by atoms with E-state index < -0.39 is 5.60 Å². The summed E-state index contributed by atoms with van der Waals surface area (Å²) in [6, 6.07) is 10.3. The summed E-state index contributed by atoms with van der Waals surface area (Å²) in [6.45, 7) is 7.12. The zero-order valence-electron chi connectivity index (χ0n) is 12.6. The molecule has 2 rings (SSSR count). The number of nitrogens with zero attached hydrogens (tertiary/aromatic N) is 2. The summed E-state index contributed by atoms with van der Waals surface area (Å²) < 4.78 is 5.41. The van der Waals surface area contributed by atoms with Crippen LogP contribution in [0.2, 0.25) is 0 Å². The molecule has 0 aliphatic carbocycles. The summed E-state index contributed by atoms with van der Waals surface area (Å²) in [5.41, 5.74) is 0.541. The zero-order chi connectivity index (χ0) is 14.6. The molecule has 0 saturated carbocycles. The van der Waals surface area contributed by atoms with Gasteiger partial charge in [0, 0.05) is 39.0 Å². The molecule has 0 bridgehead atoms. The number of benzene rings is 1. The van der Waals surface area contributed by atoms with Gasteiger partial charge < -0.3 is 14.5 Å². The van der Waals surface area contributed by atoms with E-state index in [1.807, 2.05) is 36.9 Å². The number of ether oxygens (including phenoxy) is 1.